The van der Waals surface area contributed by atoms with Crippen molar-refractivity contribution in [3.05, 3.63) is 29.3 Å². The maximum absolute atomic E-state index is 12.7. The molecule has 1 unspecified atom stereocenters. The smallest absolute Gasteiger partial charge is 0.319 e. The van der Waals surface area contributed by atoms with E-state index in [1.165, 1.54) is 29.2 Å². The van der Waals surface area contributed by atoms with Gasteiger partial charge in [-0.25, -0.2) is 13.2 Å². The fourth-order valence-electron chi connectivity index (χ4n) is 3.27. The van der Waals surface area contributed by atoms with Crippen LogP contribution >= 0.6 is 11.6 Å². The molecular formula is C15H17ClN2O4S. The molecule has 0 saturated carbocycles. The first kappa shape index (κ1) is 16.3. The quantitative estimate of drug-likeness (QED) is 0.815. The first-order chi connectivity index (χ1) is 10.6. The summed E-state index contributed by atoms with van der Waals surface area (Å²) >= 11 is 5.76. The van der Waals surface area contributed by atoms with Gasteiger partial charge in [-0.1, -0.05) is 25.4 Å². The number of imide groups is 1. The van der Waals surface area contributed by atoms with Crippen molar-refractivity contribution in [2.75, 3.05) is 6.54 Å². The summed E-state index contributed by atoms with van der Waals surface area (Å²) in [5.74, 6) is -0.677. The normalized spacial score (nSPS) is 24.0. The molecule has 2 aliphatic rings. The van der Waals surface area contributed by atoms with Gasteiger partial charge < -0.3 is 4.90 Å². The van der Waals surface area contributed by atoms with E-state index in [9.17, 15) is 18.0 Å². The molecule has 2 aliphatic heterocycles. The van der Waals surface area contributed by atoms with Crippen molar-refractivity contribution in [2.45, 2.75) is 37.6 Å². The zero-order valence-corrected chi connectivity index (χ0v) is 14.4. The number of nitrogens with zero attached hydrogens (tertiary/aromatic N) is 2. The largest absolute Gasteiger partial charge is 0.341 e. The number of benzene rings is 1. The average molecular weight is 357 g/mol. The monoisotopic (exact) mass is 356 g/mol. The van der Waals surface area contributed by atoms with E-state index in [1.54, 1.807) is 0 Å². The zero-order valence-electron chi connectivity index (χ0n) is 12.8. The fraction of sp³-hybridized carbons (Fsp3) is 0.467. The predicted octanol–water partition coefficient (Wildman–Crippen LogP) is 2.48. The number of carbonyl (C=O) groups excluding carboxylic acids is 2. The maximum Gasteiger partial charge on any atom is 0.341 e. The molecule has 124 valence electrons. The molecule has 3 rings (SSSR count). The summed E-state index contributed by atoms with van der Waals surface area (Å²) in [4.78, 5) is 26.3. The molecule has 2 saturated heterocycles. The van der Waals surface area contributed by atoms with Crippen molar-refractivity contribution in [3.63, 3.8) is 0 Å². The molecule has 1 aromatic rings. The number of amides is 3. The van der Waals surface area contributed by atoms with Crippen LogP contribution in [0, 0.1) is 5.41 Å². The third kappa shape index (κ3) is 2.72. The zero-order chi connectivity index (χ0) is 17.0. The Balaban J connectivity index is 1.97. The molecule has 0 N–H and O–H groups in total. The topological polar surface area (TPSA) is 74.8 Å². The summed E-state index contributed by atoms with van der Waals surface area (Å²) in [5, 5.41) is 0.376. The van der Waals surface area contributed by atoms with Gasteiger partial charge in [-0.05, 0) is 36.1 Å². The van der Waals surface area contributed by atoms with Crippen molar-refractivity contribution in [1.29, 1.82) is 0 Å². The molecule has 1 aromatic carbocycles. The minimum Gasteiger partial charge on any atom is -0.319 e. The van der Waals surface area contributed by atoms with Crippen molar-refractivity contribution in [2.24, 2.45) is 5.41 Å². The van der Waals surface area contributed by atoms with Gasteiger partial charge in [0.2, 0.25) is 5.91 Å². The summed E-state index contributed by atoms with van der Waals surface area (Å²) in [7, 11) is -4.22. The van der Waals surface area contributed by atoms with Crippen LogP contribution in [0.3, 0.4) is 0 Å². The number of hydrogen-bond donors (Lipinski definition) is 0. The Kier molecular flexibility index (Phi) is 3.68. The minimum absolute atomic E-state index is 0.0298. The Morgan fingerprint density at radius 3 is 2.39 bits per heavy atom. The van der Waals surface area contributed by atoms with Gasteiger partial charge in [0.1, 0.15) is 0 Å². The van der Waals surface area contributed by atoms with E-state index in [-0.39, 0.29) is 22.8 Å². The summed E-state index contributed by atoms with van der Waals surface area (Å²) in [6, 6.07) is 4.43. The third-order valence-corrected chi connectivity index (χ3v) is 6.20. The Labute approximate surface area is 140 Å². The van der Waals surface area contributed by atoms with Crippen LogP contribution in [0.5, 0.6) is 0 Å². The van der Waals surface area contributed by atoms with Crippen molar-refractivity contribution in [1.82, 2.24) is 9.21 Å². The SMILES string of the molecule is CC1(C)CC2CC(=O)N(S(=O)(=O)c3ccc(Cl)cc3)C(=O)N2C1. The van der Waals surface area contributed by atoms with Gasteiger partial charge in [-0.2, -0.15) is 4.31 Å². The van der Waals surface area contributed by atoms with E-state index in [2.05, 4.69) is 0 Å². The Morgan fingerprint density at radius 2 is 1.78 bits per heavy atom. The summed E-state index contributed by atoms with van der Waals surface area (Å²) in [5.41, 5.74) is -0.124. The molecule has 2 fully saturated rings. The molecule has 1 atom stereocenters. The van der Waals surface area contributed by atoms with Gasteiger partial charge in [0.25, 0.3) is 10.0 Å². The van der Waals surface area contributed by atoms with E-state index >= 15 is 0 Å². The van der Waals surface area contributed by atoms with Gasteiger partial charge in [0, 0.05) is 24.0 Å². The highest BCUT2D eigenvalue weighted by Crippen LogP contribution is 2.39. The lowest BCUT2D eigenvalue weighted by molar-refractivity contribution is -0.127. The van der Waals surface area contributed by atoms with E-state index in [0.717, 1.165) is 0 Å². The molecule has 0 radical (unpaired) electrons. The number of carbonyl (C=O) groups is 2. The number of rotatable bonds is 2. The molecule has 3 amide bonds. The fourth-order valence-corrected chi connectivity index (χ4v) is 4.74. The van der Waals surface area contributed by atoms with Gasteiger partial charge in [-0.3, -0.25) is 4.79 Å². The highest BCUT2D eigenvalue weighted by molar-refractivity contribution is 7.90. The Bertz CT molecular complexity index is 773. The van der Waals surface area contributed by atoms with Crippen LogP contribution in [0.4, 0.5) is 4.79 Å². The van der Waals surface area contributed by atoms with Crippen LogP contribution in [0.15, 0.2) is 29.2 Å². The molecule has 0 spiro atoms. The lowest BCUT2D eigenvalue weighted by Gasteiger charge is -2.35. The lowest BCUT2D eigenvalue weighted by atomic mass is 9.90. The van der Waals surface area contributed by atoms with E-state index < -0.39 is 22.0 Å². The molecule has 0 aromatic heterocycles. The van der Waals surface area contributed by atoms with Gasteiger partial charge in [-0.15, -0.1) is 0 Å². The molecule has 23 heavy (non-hydrogen) atoms. The lowest BCUT2D eigenvalue weighted by Crippen LogP contribution is -2.56. The second-order valence-corrected chi connectivity index (χ2v) is 8.98. The van der Waals surface area contributed by atoms with Crippen molar-refractivity contribution >= 4 is 33.6 Å². The Morgan fingerprint density at radius 1 is 1.17 bits per heavy atom. The molecule has 8 heteroatoms. The van der Waals surface area contributed by atoms with E-state index in [0.29, 0.717) is 22.3 Å². The number of hydrogen-bond acceptors (Lipinski definition) is 4. The first-order valence-electron chi connectivity index (χ1n) is 7.26. The summed E-state index contributed by atoms with van der Waals surface area (Å²) < 4.78 is 25.8. The van der Waals surface area contributed by atoms with Gasteiger partial charge in [0.15, 0.2) is 0 Å². The van der Waals surface area contributed by atoms with E-state index in [1.807, 2.05) is 13.8 Å². The highest BCUT2D eigenvalue weighted by Gasteiger charge is 2.51. The average Bonchev–Trinajstić information content (AvgIpc) is 2.73. The first-order valence-corrected chi connectivity index (χ1v) is 9.08. The Hall–Kier alpha value is -1.60. The minimum atomic E-state index is -4.22. The number of urea groups is 1. The molecule has 0 aliphatic carbocycles. The number of fused-ring (bicyclic) bond motifs is 1. The number of halogens is 1. The molecule has 6 nitrogen and oxygen atoms in total. The van der Waals surface area contributed by atoms with Crippen LogP contribution in [-0.2, 0) is 14.8 Å². The van der Waals surface area contributed by atoms with Crippen LogP contribution in [0.2, 0.25) is 5.02 Å². The highest BCUT2D eigenvalue weighted by atomic mass is 35.5. The van der Waals surface area contributed by atoms with Crippen molar-refractivity contribution < 1.29 is 18.0 Å². The van der Waals surface area contributed by atoms with Crippen molar-refractivity contribution in [3.8, 4) is 0 Å². The third-order valence-electron chi connectivity index (χ3n) is 4.24. The van der Waals surface area contributed by atoms with Crippen LogP contribution in [0.25, 0.3) is 0 Å². The second-order valence-electron chi connectivity index (χ2n) is 6.75. The summed E-state index contributed by atoms with van der Waals surface area (Å²) in [6.07, 6.45) is 0.724. The van der Waals surface area contributed by atoms with Crippen LogP contribution in [0.1, 0.15) is 26.7 Å². The second kappa shape index (κ2) is 5.21. The van der Waals surface area contributed by atoms with Crippen LogP contribution < -0.4 is 0 Å². The standard InChI is InChI=1S/C15H17ClN2O4S/c1-15(2)8-11-7-13(19)18(14(20)17(11)9-15)23(21,22)12-5-3-10(16)4-6-12/h3-6,11H,7-9H2,1-2H3. The molecule has 0 bridgehead atoms. The van der Waals surface area contributed by atoms with E-state index in [4.69, 9.17) is 11.6 Å². The number of sulfonamides is 1. The predicted molar refractivity (Wildman–Crippen MR) is 84.4 cm³/mol. The van der Waals surface area contributed by atoms with Gasteiger partial charge in [0.05, 0.1) is 4.90 Å². The molecule has 2 heterocycles. The summed E-state index contributed by atoms with van der Waals surface area (Å²) in [6.45, 7) is 4.44. The maximum atomic E-state index is 12.7. The molecular weight excluding hydrogens is 340 g/mol. The van der Waals surface area contributed by atoms with Crippen LogP contribution in [-0.4, -0.2) is 42.1 Å². The van der Waals surface area contributed by atoms with Gasteiger partial charge >= 0.3 is 6.03 Å².